The van der Waals surface area contributed by atoms with Crippen LogP contribution in [0.3, 0.4) is 0 Å². The minimum Gasteiger partial charge on any atom is -0.466 e. The van der Waals surface area contributed by atoms with Crippen LogP contribution >= 0.6 is 0 Å². The third-order valence-electron chi connectivity index (χ3n) is 6.04. The van der Waals surface area contributed by atoms with Gasteiger partial charge in [0.25, 0.3) is 0 Å². The molecule has 0 aromatic heterocycles. The highest BCUT2D eigenvalue weighted by atomic mass is 16.5. The molecule has 3 nitrogen and oxygen atoms in total. The number of esters is 1. The fourth-order valence-corrected chi connectivity index (χ4v) is 4.46. The van der Waals surface area contributed by atoms with Crippen molar-refractivity contribution in [2.75, 3.05) is 19.7 Å². The molecule has 0 radical (unpaired) electrons. The fourth-order valence-electron chi connectivity index (χ4n) is 4.46. The number of rotatable bonds is 6. The van der Waals surface area contributed by atoms with Crippen LogP contribution in [0.25, 0.3) is 0 Å². The Kier molecular flexibility index (Phi) is 5.94. The summed E-state index contributed by atoms with van der Waals surface area (Å²) in [5.74, 6) is 0.0343. The summed E-state index contributed by atoms with van der Waals surface area (Å²) in [4.78, 5) is 15.4. The molecule has 2 fully saturated rings. The van der Waals surface area contributed by atoms with E-state index in [-0.39, 0.29) is 11.4 Å². The lowest BCUT2D eigenvalue weighted by molar-refractivity contribution is -0.159. The number of hydrogen-bond acceptors (Lipinski definition) is 3. The van der Waals surface area contributed by atoms with Gasteiger partial charge in [-0.3, -0.25) is 4.79 Å². The largest absolute Gasteiger partial charge is 0.466 e. The van der Waals surface area contributed by atoms with Crippen LogP contribution in [0.4, 0.5) is 0 Å². The van der Waals surface area contributed by atoms with E-state index in [0.29, 0.717) is 6.61 Å². The van der Waals surface area contributed by atoms with Crippen LogP contribution in [0.5, 0.6) is 0 Å². The number of nitrogens with zero attached hydrogens (tertiary/aromatic N) is 1. The maximum Gasteiger partial charge on any atom is 0.312 e. The summed E-state index contributed by atoms with van der Waals surface area (Å²) in [5, 5.41) is 0. The summed E-state index contributed by atoms with van der Waals surface area (Å²) in [6, 6.07) is 11.3. The number of piperidine rings is 1. The van der Waals surface area contributed by atoms with E-state index >= 15 is 0 Å². The van der Waals surface area contributed by atoms with E-state index in [1.807, 2.05) is 13.0 Å². The average molecular weight is 329 g/mol. The third kappa shape index (κ3) is 4.00. The van der Waals surface area contributed by atoms with Crippen molar-refractivity contribution >= 4 is 5.97 Å². The average Bonchev–Trinajstić information content (AvgIpc) is 3.16. The van der Waals surface area contributed by atoms with Crippen molar-refractivity contribution in [2.45, 2.75) is 64.3 Å². The van der Waals surface area contributed by atoms with Crippen LogP contribution in [-0.4, -0.2) is 36.6 Å². The molecule has 1 aliphatic carbocycles. The minimum absolute atomic E-state index is 0.0343. The van der Waals surface area contributed by atoms with Gasteiger partial charge in [-0.1, -0.05) is 43.2 Å². The number of hydrogen-bond donors (Lipinski definition) is 0. The zero-order valence-corrected chi connectivity index (χ0v) is 15.0. The van der Waals surface area contributed by atoms with Gasteiger partial charge in [-0.15, -0.1) is 0 Å². The van der Waals surface area contributed by atoms with Crippen LogP contribution in [0.15, 0.2) is 30.3 Å². The zero-order chi connectivity index (χ0) is 16.8. The number of aryl methyl sites for hydroxylation is 1. The molecule has 1 aromatic carbocycles. The molecule has 1 aliphatic heterocycles. The second kappa shape index (κ2) is 8.15. The lowest BCUT2D eigenvalue weighted by atomic mass is 9.74. The normalized spacial score (nSPS) is 21.7. The smallest absolute Gasteiger partial charge is 0.312 e. The van der Waals surface area contributed by atoms with E-state index in [2.05, 4.69) is 29.2 Å². The summed E-state index contributed by atoms with van der Waals surface area (Å²) in [7, 11) is 0. The molecule has 0 spiro atoms. The van der Waals surface area contributed by atoms with E-state index in [4.69, 9.17) is 4.74 Å². The molecule has 1 saturated heterocycles. The molecule has 0 N–H and O–H groups in total. The van der Waals surface area contributed by atoms with Crippen LogP contribution in [-0.2, 0) is 16.0 Å². The molecule has 1 aromatic rings. The van der Waals surface area contributed by atoms with Gasteiger partial charge in [-0.25, -0.2) is 0 Å². The molecule has 0 unspecified atom stereocenters. The van der Waals surface area contributed by atoms with Gasteiger partial charge >= 0.3 is 5.97 Å². The lowest BCUT2D eigenvalue weighted by Crippen LogP contribution is -2.48. The Morgan fingerprint density at radius 1 is 1.17 bits per heavy atom. The van der Waals surface area contributed by atoms with Gasteiger partial charge in [0.15, 0.2) is 0 Å². The van der Waals surface area contributed by atoms with Gasteiger partial charge in [-0.05, 0) is 64.1 Å². The summed E-state index contributed by atoms with van der Waals surface area (Å²) >= 11 is 0. The molecule has 1 saturated carbocycles. The Hall–Kier alpha value is -1.35. The first kappa shape index (κ1) is 17.5. The highest BCUT2D eigenvalue weighted by Crippen LogP contribution is 2.39. The quantitative estimate of drug-likeness (QED) is 0.732. The summed E-state index contributed by atoms with van der Waals surface area (Å²) in [5.41, 5.74) is 1.04. The minimum atomic E-state index is -0.277. The van der Waals surface area contributed by atoms with Gasteiger partial charge in [-0.2, -0.15) is 0 Å². The number of likely N-dealkylation sites (tertiary alicyclic amines) is 1. The molecule has 0 bridgehead atoms. The van der Waals surface area contributed by atoms with E-state index < -0.39 is 0 Å². The van der Waals surface area contributed by atoms with Crippen molar-refractivity contribution < 1.29 is 9.53 Å². The van der Waals surface area contributed by atoms with Crippen molar-refractivity contribution in [3.63, 3.8) is 0 Å². The topological polar surface area (TPSA) is 29.5 Å². The van der Waals surface area contributed by atoms with Gasteiger partial charge in [0.2, 0.25) is 0 Å². The maximum absolute atomic E-state index is 12.7. The van der Waals surface area contributed by atoms with E-state index in [1.54, 1.807) is 0 Å². The van der Waals surface area contributed by atoms with Crippen molar-refractivity contribution in [1.82, 2.24) is 4.90 Å². The first-order valence-corrected chi connectivity index (χ1v) is 9.69. The second-order valence-electron chi connectivity index (χ2n) is 7.46. The van der Waals surface area contributed by atoms with Gasteiger partial charge in [0, 0.05) is 6.04 Å². The summed E-state index contributed by atoms with van der Waals surface area (Å²) in [6.45, 7) is 4.51. The Bertz CT molecular complexity index is 514. The van der Waals surface area contributed by atoms with Crippen molar-refractivity contribution in [3.05, 3.63) is 35.9 Å². The predicted octanol–water partition coefficient (Wildman–Crippen LogP) is 4.21. The molecular weight excluding hydrogens is 298 g/mol. The molecule has 0 amide bonds. The van der Waals surface area contributed by atoms with E-state index in [1.165, 1.54) is 31.2 Å². The van der Waals surface area contributed by atoms with Crippen molar-refractivity contribution in [1.29, 1.82) is 0 Å². The summed E-state index contributed by atoms with van der Waals surface area (Å²) in [6.07, 6.45) is 9.21. The van der Waals surface area contributed by atoms with E-state index in [9.17, 15) is 4.79 Å². The van der Waals surface area contributed by atoms with Gasteiger partial charge < -0.3 is 9.64 Å². The number of benzene rings is 1. The van der Waals surface area contributed by atoms with Crippen LogP contribution in [0, 0.1) is 5.41 Å². The van der Waals surface area contributed by atoms with Crippen LogP contribution in [0.2, 0.25) is 0 Å². The molecule has 2 aliphatic rings. The SMILES string of the molecule is CCOC(=O)C1(CCc2ccccc2)CCN(C2CCCC2)CC1. The molecule has 3 heteroatoms. The van der Waals surface area contributed by atoms with E-state index in [0.717, 1.165) is 44.8 Å². The standard InChI is InChI=1S/C21H31NO2/c1-2-24-20(23)21(13-12-18-8-4-3-5-9-18)14-16-22(17-15-21)19-10-6-7-11-19/h3-5,8-9,19H,2,6-7,10-17H2,1H3. The molecule has 1 heterocycles. The predicted molar refractivity (Wildman–Crippen MR) is 96.9 cm³/mol. The van der Waals surface area contributed by atoms with Crippen LogP contribution in [0.1, 0.15) is 57.4 Å². The third-order valence-corrected chi connectivity index (χ3v) is 6.04. The van der Waals surface area contributed by atoms with Crippen molar-refractivity contribution in [3.8, 4) is 0 Å². The fraction of sp³-hybridized carbons (Fsp3) is 0.667. The molecule has 3 rings (SSSR count). The monoisotopic (exact) mass is 329 g/mol. The molecular formula is C21H31NO2. The summed E-state index contributed by atoms with van der Waals surface area (Å²) < 4.78 is 5.48. The van der Waals surface area contributed by atoms with Crippen LogP contribution < -0.4 is 0 Å². The number of carbonyl (C=O) groups excluding carboxylic acids is 1. The number of ether oxygens (including phenoxy) is 1. The number of carbonyl (C=O) groups is 1. The maximum atomic E-state index is 12.7. The Labute approximate surface area is 146 Å². The second-order valence-corrected chi connectivity index (χ2v) is 7.46. The van der Waals surface area contributed by atoms with Crippen molar-refractivity contribution in [2.24, 2.45) is 5.41 Å². The van der Waals surface area contributed by atoms with Gasteiger partial charge in [0.05, 0.1) is 12.0 Å². The van der Waals surface area contributed by atoms with Gasteiger partial charge in [0.1, 0.15) is 0 Å². The highest BCUT2D eigenvalue weighted by Gasteiger charge is 2.43. The Morgan fingerprint density at radius 2 is 1.83 bits per heavy atom. The zero-order valence-electron chi connectivity index (χ0n) is 15.0. The Morgan fingerprint density at radius 3 is 2.46 bits per heavy atom. The molecule has 24 heavy (non-hydrogen) atoms. The first-order chi connectivity index (χ1) is 11.7. The molecule has 0 atom stereocenters. The lowest BCUT2D eigenvalue weighted by Gasteiger charge is -2.42. The Balaban J connectivity index is 1.64. The highest BCUT2D eigenvalue weighted by molar-refractivity contribution is 5.77. The first-order valence-electron chi connectivity index (χ1n) is 9.69. The molecule has 132 valence electrons.